The lowest BCUT2D eigenvalue weighted by molar-refractivity contribution is 0.107. The number of nitrogens with one attached hydrogen (secondary N) is 2. The Morgan fingerprint density at radius 1 is 1.00 bits per heavy atom. The zero-order valence-electron chi connectivity index (χ0n) is 17.5. The van der Waals surface area contributed by atoms with Gasteiger partial charge in [0.15, 0.2) is 0 Å². The van der Waals surface area contributed by atoms with E-state index in [1.807, 2.05) is 36.4 Å². The smallest absolute Gasteiger partial charge is 0.267 e. The summed E-state index contributed by atoms with van der Waals surface area (Å²) < 4.78 is 11.5. The Morgan fingerprint density at radius 2 is 1.79 bits per heavy atom. The van der Waals surface area contributed by atoms with E-state index in [4.69, 9.17) is 9.47 Å². The summed E-state index contributed by atoms with van der Waals surface area (Å²) in [4.78, 5) is 12.1. The highest BCUT2D eigenvalue weighted by Crippen LogP contribution is 2.22. The molecule has 0 aliphatic heterocycles. The van der Waals surface area contributed by atoms with Gasteiger partial charge in [0.2, 0.25) is 0 Å². The average Bonchev–Trinajstić information content (AvgIpc) is 3.08. The van der Waals surface area contributed by atoms with Crippen LogP contribution in [0.2, 0.25) is 0 Å². The predicted molar refractivity (Wildman–Crippen MR) is 116 cm³/mol. The van der Waals surface area contributed by atoms with Crippen LogP contribution in [-0.4, -0.2) is 23.4 Å². The maximum absolute atomic E-state index is 12.1. The molecule has 0 radical (unpaired) electrons. The maximum Gasteiger partial charge on any atom is 0.267 e. The molecule has 0 amide bonds. The van der Waals surface area contributed by atoms with E-state index in [-0.39, 0.29) is 11.5 Å². The highest BCUT2D eigenvalue weighted by Gasteiger charge is 2.14. The summed E-state index contributed by atoms with van der Waals surface area (Å²) in [6.45, 7) is 8.13. The fourth-order valence-corrected chi connectivity index (χ4v) is 3.33. The van der Waals surface area contributed by atoms with Gasteiger partial charge >= 0.3 is 0 Å². The molecule has 154 valence electrons. The molecule has 0 atom stereocenters. The lowest BCUT2D eigenvalue weighted by Gasteiger charge is -2.11. The summed E-state index contributed by atoms with van der Waals surface area (Å²) in [5, 5.41) is 5.71. The molecule has 29 heavy (non-hydrogen) atoms. The van der Waals surface area contributed by atoms with Crippen molar-refractivity contribution in [1.29, 1.82) is 0 Å². The van der Waals surface area contributed by atoms with Gasteiger partial charge in [-0.2, -0.15) is 0 Å². The van der Waals surface area contributed by atoms with Crippen molar-refractivity contribution in [2.75, 3.05) is 13.2 Å². The predicted octanol–water partition coefficient (Wildman–Crippen LogP) is 4.71. The molecule has 0 saturated heterocycles. The molecule has 0 saturated carbocycles. The molecule has 0 spiro atoms. The van der Waals surface area contributed by atoms with E-state index in [1.165, 1.54) is 5.56 Å². The van der Waals surface area contributed by atoms with Crippen LogP contribution in [0.4, 0.5) is 0 Å². The van der Waals surface area contributed by atoms with E-state index in [9.17, 15) is 4.79 Å². The number of rotatable bonds is 10. The summed E-state index contributed by atoms with van der Waals surface area (Å²) in [5.74, 6) is 1.12. The molecule has 0 aliphatic rings. The fraction of sp³-hybridized carbons (Fsp3) is 0.375. The minimum atomic E-state index is -0.0380. The maximum atomic E-state index is 12.1. The normalized spacial score (nSPS) is 11.2. The van der Waals surface area contributed by atoms with Crippen LogP contribution in [0.1, 0.15) is 54.1 Å². The van der Waals surface area contributed by atoms with Crippen LogP contribution in [0, 0.1) is 6.92 Å². The Bertz CT molecular complexity index is 958. The van der Waals surface area contributed by atoms with E-state index < -0.39 is 0 Å². The van der Waals surface area contributed by atoms with E-state index in [0.29, 0.717) is 26.2 Å². The zero-order valence-corrected chi connectivity index (χ0v) is 17.5. The molecular formula is C24H30N2O3. The van der Waals surface area contributed by atoms with Gasteiger partial charge in [-0.05, 0) is 41.7 Å². The summed E-state index contributed by atoms with van der Waals surface area (Å²) in [7, 11) is 0. The van der Waals surface area contributed by atoms with Gasteiger partial charge in [-0.25, -0.2) is 0 Å². The van der Waals surface area contributed by atoms with Crippen LogP contribution in [0.15, 0.2) is 53.3 Å². The van der Waals surface area contributed by atoms with Crippen molar-refractivity contribution < 1.29 is 9.47 Å². The van der Waals surface area contributed by atoms with E-state index in [2.05, 4.69) is 43.1 Å². The van der Waals surface area contributed by atoms with Crippen molar-refractivity contribution in [3.8, 4) is 5.75 Å². The minimum absolute atomic E-state index is 0.0380. The zero-order chi connectivity index (χ0) is 20.6. The van der Waals surface area contributed by atoms with Crippen molar-refractivity contribution in [2.45, 2.75) is 46.1 Å². The van der Waals surface area contributed by atoms with Crippen molar-refractivity contribution in [1.82, 2.24) is 10.2 Å². The Balaban J connectivity index is 1.47. The molecule has 0 fully saturated rings. The van der Waals surface area contributed by atoms with Crippen LogP contribution in [-0.2, 0) is 17.8 Å². The van der Waals surface area contributed by atoms with Crippen molar-refractivity contribution in [3.63, 3.8) is 0 Å². The van der Waals surface area contributed by atoms with Gasteiger partial charge in [0.05, 0.1) is 19.8 Å². The Morgan fingerprint density at radius 3 is 2.52 bits per heavy atom. The molecule has 3 aromatic rings. The lowest BCUT2D eigenvalue weighted by atomic mass is 9.97. The Hall–Kier alpha value is -2.79. The lowest BCUT2D eigenvalue weighted by Crippen LogP contribution is -2.09. The summed E-state index contributed by atoms with van der Waals surface area (Å²) in [6.07, 6.45) is 1.45. The number of hydrogen-bond donors (Lipinski definition) is 2. The molecule has 1 heterocycles. The molecule has 1 aromatic heterocycles. The van der Waals surface area contributed by atoms with Crippen LogP contribution in [0.25, 0.3) is 0 Å². The van der Waals surface area contributed by atoms with Gasteiger partial charge in [-0.3, -0.25) is 9.89 Å². The third-order valence-corrected chi connectivity index (χ3v) is 4.98. The van der Waals surface area contributed by atoms with Crippen LogP contribution in [0.3, 0.4) is 0 Å². The van der Waals surface area contributed by atoms with Crippen LogP contribution in [0.5, 0.6) is 5.75 Å². The minimum Gasteiger partial charge on any atom is -0.493 e. The number of aryl methyl sites for hydroxylation is 1. The van der Waals surface area contributed by atoms with E-state index in [1.54, 1.807) is 0 Å². The van der Waals surface area contributed by atoms with Crippen molar-refractivity contribution >= 4 is 0 Å². The molecule has 5 heteroatoms. The quantitative estimate of drug-likeness (QED) is 0.489. The summed E-state index contributed by atoms with van der Waals surface area (Å²) in [6, 6.07) is 16.2. The largest absolute Gasteiger partial charge is 0.493 e. The van der Waals surface area contributed by atoms with Gasteiger partial charge < -0.3 is 14.6 Å². The molecule has 5 nitrogen and oxygen atoms in total. The molecule has 0 unspecified atom stereocenters. The monoisotopic (exact) mass is 394 g/mol. The first-order valence-electron chi connectivity index (χ1n) is 10.2. The van der Waals surface area contributed by atoms with Crippen molar-refractivity contribution in [3.05, 3.63) is 86.8 Å². The SMILES string of the molecule is Cc1cc(OCCCOCc2ccccc2)ccc1Cc1c(C(C)C)[nH][nH]c1=O. The number of ether oxygens (including phenoxy) is 2. The first kappa shape index (κ1) is 20.9. The second kappa shape index (κ2) is 10.1. The van der Waals surface area contributed by atoms with Gasteiger partial charge in [0, 0.05) is 24.1 Å². The number of H-pyrrole nitrogens is 2. The second-order valence-corrected chi connectivity index (χ2v) is 7.63. The molecular weight excluding hydrogens is 364 g/mol. The highest BCUT2D eigenvalue weighted by atomic mass is 16.5. The Kier molecular flexibility index (Phi) is 7.30. The highest BCUT2D eigenvalue weighted by molar-refractivity contribution is 5.38. The number of hydrogen-bond acceptors (Lipinski definition) is 3. The standard InChI is InChI=1S/C24H30N2O3/c1-17(2)23-22(24(27)26-25-23)15-20-10-11-21(14-18(20)3)29-13-7-12-28-16-19-8-5-4-6-9-19/h4-6,8-11,14,17H,7,12-13,15-16H2,1-3H3,(H2,25,26,27). The summed E-state index contributed by atoms with van der Waals surface area (Å²) in [5.41, 5.74) is 5.19. The van der Waals surface area contributed by atoms with Gasteiger partial charge in [-0.15, -0.1) is 0 Å². The number of benzene rings is 2. The third kappa shape index (κ3) is 5.84. The number of aromatic amines is 2. The summed E-state index contributed by atoms with van der Waals surface area (Å²) >= 11 is 0. The number of aromatic nitrogens is 2. The molecule has 3 rings (SSSR count). The van der Waals surface area contributed by atoms with E-state index >= 15 is 0 Å². The fourth-order valence-electron chi connectivity index (χ4n) is 3.33. The first-order valence-corrected chi connectivity index (χ1v) is 10.2. The second-order valence-electron chi connectivity index (χ2n) is 7.63. The van der Waals surface area contributed by atoms with Crippen molar-refractivity contribution in [2.24, 2.45) is 0 Å². The van der Waals surface area contributed by atoms with Gasteiger partial charge in [0.25, 0.3) is 5.56 Å². The average molecular weight is 395 g/mol. The van der Waals surface area contributed by atoms with E-state index in [0.717, 1.165) is 34.6 Å². The van der Waals surface area contributed by atoms with Crippen LogP contribution < -0.4 is 10.3 Å². The van der Waals surface area contributed by atoms with Gasteiger partial charge in [-0.1, -0.05) is 50.2 Å². The third-order valence-electron chi connectivity index (χ3n) is 4.98. The molecule has 0 aliphatic carbocycles. The Labute approximate surface area is 172 Å². The topological polar surface area (TPSA) is 67.1 Å². The molecule has 2 N–H and O–H groups in total. The molecule has 0 bridgehead atoms. The molecule has 2 aromatic carbocycles. The first-order chi connectivity index (χ1) is 14.0. The van der Waals surface area contributed by atoms with Gasteiger partial charge in [0.1, 0.15) is 5.75 Å². The van der Waals surface area contributed by atoms with Crippen LogP contribution >= 0.6 is 0 Å².